The van der Waals surface area contributed by atoms with Gasteiger partial charge in [0.2, 0.25) is 11.8 Å². The van der Waals surface area contributed by atoms with E-state index in [9.17, 15) is 9.59 Å². The predicted octanol–water partition coefficient (Wildman–Crippen LogP) is 1.93. The molecule has 0 aromatic heterocycles. The molecule has 0 radical (unpaired) electrons. The molecule has 1 fully saturated rings. The standard InChI is InChI=1S/C14H22N2O2S/c1-5-6-7-8-12(17)16-10-19-9-11(16)13(18)15-14(2,3)4/h5-8,11H,9-10H2,1-4H3,(H,15,18)/b6-5+,8-7-/t11-/m0/s1. The average molecular weight is 282 g/mol. The molecule has 5 heteroatoms. The lowest BCUT2D eigenvalue weighted by atomic mass is 10.1. The molecule has 1 heterocycles. The minimum Gasteiger partial charge on any atom is -0.350 e. The van der Waals surface area contributed by atoms with Gasteiger partial charge in [0.05, 0.1) is 5.88 Å². The molecule has 1 aliphatic rings. The smallest absolute Gasteiger partial charge is 0.247 e. The van der Waals surface area contributed by atoms with E-state index < -0.39 is 0 Å². The van der Waals surface area contributed by atoms with E-state index in [2.05, 4.69) is 5.32 Å². The van der Waals surface area contributed by atoms with E-state index >= 15 is 0 Å². The van der Waals surface area contributed by atoms with Crippen LogP contribution in [0.15, 0.2) is 24.3 Å². The third-order valence-corrected chi connectivity index (χ3v) is 3.52. The highest BCUT2D eigenvalue weighted by Crippen LogP contribution is 2.22. The van der Waals surface area contributed by atoms with Gasteiger partial charge in [0.15, 0.2) is 0 Å². The number of thioether (sulfide) groups is 1. The molecule has 1 N–H and O–H groups in total. The monoisotopic (exact) mass is 282 g/mol. The Hall–Kier alpha value is -1.23. The number of amides is 2. The molecule has 1 aliphatic heterocycles. The van der Waals surface area contributed by atoms with Gasteiger partial charge in [-0.25, -0.2) is 0 Å². The molecule has 0 unspecified atom stereocenters. The Balaban J connectivity index is 2.68. The fourth-order valence-electron chi connectivity index (χ4n) is 1.67. The number of nitrogens with one attached hydrogen (secondary N) is 1. The highest BCUT2D eigenvalue weighted by Gasteiger charge is 2.34. The summed E-state index contributed by atoms with van der Waals surface area (Å²) in [6, 6.07) is -0.369. The molecule has 1 rings (SSSR count). The summed E-state index contributed by atoms with van der Waals surface area (Å²) in [5, 5.41) is 2.93. The van der Waals surface area contributed by atoms with Crippen LogP contribution in [0.1, 0.15) is 27.7 Å². The van der Waals surface area contributed by atoms with E-state index in [1.165, 1.54) is 6.08 Å². The Labute approximate surface area is 119 Å². The minimum absolute atomic E-state index is 0.0784. The van der Waals surface area contributed by atoms with E-state index in [4.69, 9.17) is 0 Å². The van der Waals surface area contributed by atoms with Crippen molar-refractivity contribution in [3.8, 4) is 0 Å². The molecule has 0 aromatic carbocycles. The van der Waals surface area contributed by atoms with Crippen molar-refractivity contribution in [1.82, 2.24) is 10.2 Å². The minimum atomic E-state index is -0.369. The SMILES string of the molecule is C/C=C/C=C\C(=O)N1CSC[C@H]1C(=O)NC(C)(C)C. The van der Waals surface area contributed by atoms with Crippen LogP contribution in [0.5, 0.6) is 0 Å². The van der Waals surface area contributed by atoms with E-state index in [-0.39, 0.29) is 23.4 Å². The van der Waals surface area contributed by atoms with Crippen LogP contribution < -0.4 is 5.32 Å². The molecular weight excluding hydrogens is 260 g/mol. The van der Waals surface area contributed by atoms with Crippen molar-refractivity contribution >= 4 is 23.6 Å². The molecule has 0 saturated carbocycles. The third kappa shape index (κ3) is 5.11. The molecule has 1 atom stereocenters. The Morgan fingerprint density at radius 2 is 2.00 bits per heavy atom. The van der Waals surface area contributed by atoms with E-state index in [0.29, 0.717) is 11.6 Å². The first-order valence-electron chi connectivity index (χ1n) is 6.35. The fraction of sp³-hybridized carbons (Fsp3) is 0.571. The zero-order chi connectivity index (χ0) is 14.5. The maximum absolute atomic E-state index is 12.1. The summed E-state index contributed by atoms with van der Waals surface area (Å²) in [5.41, 5.74) is -0.278. The van der Waals surface area contributed by atoms with Crippen LogP contribution in [-0.4, -0.2) is 39.9 Å². The van der Waals surface area contributed by atoms with Crippen molar-refractivity contribution in [3.05, 3.63) is 24.3 Å². The predicted molar refractivity (Wildman–Crippen MR) is 79.8 cm³/mol. The lowest BCUT2D eigenvalue weighted by molar-refractivity contribution is -0.135. The van der Waals surface area contributed by atoms with Crippen LogP contribution >= 0.6 is 11.8 Å². The Kier molecular flexibility index (Phi) is 5.66. The second-order valence-electron chi connectivity index (χ2n) is 5.45. The van der Waals surface area contributed by atoms with Crippen LogP contribution in [-0.2, 0) is 9.59 Å². The van der Waals surface area contributed by atoms with Crippen molar-refractivity contribution in [2.75, 3.05) is 11.6 Å². The van der Waals surface area contributed by atoms with E-state index in [0.717, 1.165) is 0 Å². The molecular formula is C14H22N2O2S. The second kappa shape index (κ2) is 6.80. The third-order valence-electron chi connectivity index (χ3n) is 2.51. The molecule has 106 valence electrons. The average Bonchev–Trinajstić information content (AvgIpc) is 2.75. The van der Waals surface area contributed by atoms with Gasteiger partial charge >= 0.3 is 0 Å². The first-order valence-corrected chi connectivity index (χ1v) is 7.50. The summed E-state index contributed by atoms with van der Waals surface area (Å²) in [6.45, 7) is 7.70. The summed E-state index contributed by atoms with van der Waals surface area (Å²) in [7, 11) is 0. The molecule has 4 nitrogen and oxygen atoms in total. The number of rotatable bonds is 3. The first-order chi connectivity index (χ1) is 8.85. The Bertz CT molecular complexity index is 397. The number of hydrogen-bond acceptors (Lipinski definition) is 3. The molecule has 0 spiro atoms. The van der Waals surface area contributed by atoms with Gasteiger partial charge in [-0.3, -0.25) is 9.59 Å². The summed E-state index contributed by atoms with van der Waals surface area (Å²) in [6.07, 6.45) is 6.85. The van der Waals surface area contributed by atoms with Crippen LogP contribution in [0.25, 0.3) is 0 Å². The molecule has 0 bridgehead atoms. The van der Waals surface area contributed by atoms with Crippen molar-refractivity contribution in [2.24, 2.45) is 0 Å². The van der Waals surface area contributed by atoms with Crippen LogP contribution in [0.4, 0.5) is 0 Å². The quantitative estimate of drug-likeness (QED) is 0.635. The van der Waals surface area contributed by atoms with Crippen molar-refractivity contribution in [1.29, 1.82) is 0 Å². The second-order valence-corrected chi connectivity index (χ2v) is 6.45. The van der Waals surface area contributed by atoms with E-state index in [1.807, 2.05) is 33.8 Å². The molecule has 1 saturated heterocycles. The number of hydrogen-bond donors (Lipinski definition) is 1. The first kappa shape index (κ1) is 15.8. The lowest BCUT2D eigenvalue weighted by Crippen LogP contribution is -2.52. The van der Waals surface area contributed by atoms with Gasteiger partial charge in [-0.05, 0) is 27.7 Å². The zero-order valence-electron chi connectivity index (χ0n) is 12.0. The highest BCUT2D eigenvalue weighted by molar-refractivity contribution is 7.99. The summed E-state index contributed by atoms with van der Waals surface area (Å²) < 4.78 is 0. The van der Waals surface area contributed by atoms with Gasteiger partial charge in [-0.1, -0.05) is 18.2 Å². The van der Waals surface area contributed by atoms with Crippen LogP contribution in [0.3, 0.4) is 0 Å². The van der Waals surface area contributed by atoms with Crippen LogP contribution in [0, 0.1) is 0 Å². The Morgan fingerprint density at radius 1 is 1.32 bits per heavy atom. The maximum Gasteiger partial charge on any atom is 0.247 e. The van der Waals surface area contributed by atoms with Crippen LogP contribution in [0.2, 0.25) is 0 Å². The number of allylic oxidation sites excluding steroid dienone is 3. The summed E-state index contributed by atoms with van der Waals surface area (Å²) in [5.74, 6) is 1.04. The number of carbonyl (C=O) groups is 2. The van der Waals surface area contributed by atoms with Gasteiger partial charge in [0, 0.05) is 17.4 Å². The Morgan fingerprint density at radius 3 is 2.58 bits per heavy atom. The molecule has 19 heavy (non-hydrogen) atoms. The van der Waals surface area contributed by atoms with Gasteiger partial charge in [0.25, 0.3) is 0 Å². The van der Waals surface area contributed by atoms with Crippen molar-refractivity contribution < 1.29 is 9.59 Å². The summed E-state index contributed by atoms with van der Waals surface area (Å²) in [4.78, 5) is 25.8. The highest BCUT2D eigenvalue weighted by atomic mass is 32.2. The number of carbonyl (C=O) groups excluding carboxylic acids is 2. The molecule has 0 aliphatic carbocycles. The molecule has 2 amide bonds. The molecule has 0 aromatic rings. The lowest BCUT2D eigenvalue weighted by Gasteiger charge is -2.27. The van der Waals surface area contributed by atoms with Gasteiger partial charge in [-0.15, -0.1) is 11.8 Å². The fourth-order valence-corrected chi connectivity index (χ4v) is 2.84. The van der Waals surface area contributed by atoms with Crippen molar-refractivity contribution in [3.63, 3.8) is 0 Å². The summed E-state index contributed by atoms with van der Waals surface area (Å²) >= 11 is 1.60. The largest absolute Gasteiger partial charge is 0.350 e. The van der Waals surface area contributed by atoms with E-state index in [1.54, 1.807) is 28.8 Å². The van der Waals surface area contributed by atoms with Gasteiger partial charge in [-0.2, -0.15) is 0 Å². The zero-order valence-corrected chi connectivity index (χ0v) is 12.8. The number of nitrogens with zero attached hydrogens (tertiary/aromatic N) is 1. The van der Waals surface area contributed by atoms with Crippen molar-refractivity contribution in [2.45, 2.75) is 39.3 Å². The normalized spacial score (nSPS) is 20.4. The topological polar surface area (TPSA) is 49.4 Å². The van der Waals surface area contributed by atoms with Gasteiger partial charge in [0.1, 0.15) is 6.04 Å². The van der Waals surface area contributed by atoms with Gasteiger partial charge < -0.3 is 10.2 Å². The maximum atomic E-state index is 12.1.